The summed E-state index contributed by atoms with van der Waals surface area (Å²) >= 11 is 0. The van der Waals surface area contributed by atoms with E-state index in [1.165, 1.54) is 55.5 Å². The Kier molecular flexibility index (Phi) is 6.89. The first kappa shape index (κ1) is 19.9. The van der Waals surface area contributed by atoms with Gasteiger partial charge in [0.25, 0.3) is 0 Å². The Morgan fingerprint density at radius 3 is 2.33 bits per heavy atom. The van der Waals surface area contributed by atoms with Crippen molar-refractivity contribution < 1.29 is 9.59 Å². The lowest BCUT2D eigenvalue weighted by atomic mass is 9.91. The molecule has 1 aromatic carbocycles. The van der Waals surface area contributed by atoms with E-state index in [4.69, 9.17) is 0 Å². The highest BCUT2D eigenvalue weighted by Crippen LogP contribution is 2.27. The molecule has 0 bridgehead atoms. The summed E-state index contributed by atoms with van der Waals surface area (Å²) < 4.78 is 0. The average molecular weight is 372 g/mol. The molecule has 0 unspecified atom stereocenters. The normalized spacial score (nSPS) is 20.2. The van der Waals surface area contributed by atoms with Gasteiger partial charge in [0.05, 0.1) is 0 Å². The third kappa shape index (κ3) is 5.55. The molecule has 1 N–H and O–H groups in total. The minimum Gasteiger partial charge on any atom is -0.352 e. The van der Waals surface area contributed by atoms with Crippen molar-refractivity contribution in [1.82, 2.24) is 15.1 Å². The summed E-state index contributed by atoms with van der Waals surface area (Å²) in [4.78, 5) is 25.9. The van der Waals surface area contributed by atoms with Crippen LogP contribution in [0.15, 0.2) is 18.2 Å². The molecule has 0 spiro atoms. The van der Waals surface area contributed by atoms with Gasteiger partial charge in [-0.25, -0.2) is 0 Å². The minimum atomic E-state index is 0.0381. The molecule has 3 aliphatic rings. The van der Waals surface area contributed by atoms with E-state index in [1.807, 2.05) is 7.05 Å². The van der Waals surface area contributed by atoms with Gasteiger partial charge < -0.3 is 10.2 Å². The van der Waals surface area contributed by atoms with Crippen molar-refractivity contribution in [2.24, 2.45) is 0 Å². The van der Waals surface area contributed by atoms with E-state index in [2.05, 4.69) is 28.4 Å². The van der Waals surface area contributed by atoms with Crippen LogP contribution < -0.4 is 5.32 Å². The van der Waals surface area contributed by atoms with Crippen LogP contribution >= 0.6 is 0 Å². The second-order valence-electron chi connectivity index (χ2n) is 8.05. The van der Waals surface area contributed by atoms with Crippen LogP contribution in [0.1, 0.15) is 55.7 Å². The molecule has 1 saturated carbocycles. The first-order valence-corrected chi connectivity index (χ1v) is 10.4. The quantitative estimate of drug-likeness (QED) is 0.888. The summed E-state index contributed by atoms with van der Waals surface area (Å²) in [5, 5.41) is 2.88. The van der Waals surface area contributed by atoms with Gasteiger partial charge in [-0.3, -0.25) is 14.5 Å². The van der Waals surface area contributed by atoms with Crippen molar-refractivity contribution in [1.29, 1.82) is 0 Å². The minimum absolute atomic E-state index is 0.0381. The fraction of sp³-hybridized carbons (Fsp3) is 0.636. The SMILES string of the molecule is CC(=O)NCc1ccc2c(c1)CCN(C1CCC1)CC2.CN1CCCC1=O. The largest absolute Gasteiger partial charge is 0.352 e. The molecular weight excluding hydrogens is 338 g/mol. The summed E-state index contributed by atoms with van der Waals surface area (Å²) in [5.74, 6) is 0.330. The van der Waals surface area contributed by atoms with Crippen LogP contribution in [0.5, 0.6) is 0 Å². The van der Waals surface area contributed by atoms with Gasteiger partial charge in [0.15, 0.2) is 0 Å². The van der Waals surface area contributed by atoms with E-state index in [-0.39, 0.29) is 5.91 Å². The molecule has 1 aromatic rings. The first-order valence-electron chi connectivity index (χ1n) is 10.4. The number of carbonyl (C=O) groups is 2. The second-order valence-corrected chi connectivity index (χ2v) is 8.05. The number of hydrogen-bond acceptors (Lipinski definition) is 3. The Labute approximate surface area is 163 Å². The maximum absolute atomic E-state index is 11.0. The van der Waals surface area contributed by atoms with Crippen LogP contribution in [0, 0.1) is 0 Å². The molecule has 0 atom stereocenters. The fourth-order valence-corrected chi connectivity index (χ4v) is 4.03. The van der Waals surface area contributed by atoms with Crippen molar-refractivity contribution in [3.63, 3.8) is 0 Å². The number of hydrogen-bond donors (Lipinski definition) is 1. The van der Waals surface area contributed by atoms with E-state index < -0.39 is 0 Å². The molecule has 2 fully saturated rings. The Bertz CT molecular complexity index is 670. The summed E-state index contributed by atoms with van der Waals surface area (Å²) in [6.07, 6.45) is 8.33. The maximum atomic E-state index is 11.0. The molecule has 4 rings (SSSR count). The van der Waals surface area contributed by atoms with Gasteiger partial charge in [-0.05, 0) is 48.8 Å². The van der Waals surface area contributed by atoms with Crippen LogP contribution in [0.25, 0.3) is 0 Å². The van der Waals surface area contributed by atoms with Gasteiger partial charge in [-0.1, -0.05) is 24.6 Å². The van der Waals surface area contributed by atoms with Gasteiger partial charge >= 0.3 is 0 Å². The Morgan fingerprint density at radius 2 is 1.81 bits per heavy atom. The summed E-state index contributed by atoms with van der Waals surface area (Å²) in [6, 6.07) is 7.56. The highest BCUT2D eigenvalue weighted by molar-refractivity contribution is 5.77. The molecule has 1 saturated heterocycles. The molecule has 2 amide bonds. The molecule has 5 nitrogen and oxygen atoms in total. The lowest BCUT2D eigenvalue weighted by Gasteiger charge is -2.36. The summed E-state index contributed by atoms with van der Waals surface area (Å²) in [7, 11) is 1.84. The molecule has 1 aliphatic carbocycles. The average Bonchev–Trinajstić information content (AvgIpc) is 2.86. The summed E-state index contributed by atoms with van der Waals surface area (Å²) in [5.41, 5.74) is 4.20. The lowest BCUT2D eigenvalue weighted by Crippen LogP contribution is -2.41. The zero-order valence-corrected chi connectivity index (χ0v) is 16.8. The molecule has 27 heavy (non-hydrogen) atoms. The van der Waals surface area contributed by atoms with Gasteiger partial charge in [-0.2, -0.15) is 0 Å². The smallest absolute Gasteiger partial charge is 0.222 e. The highest BCUT2D eigenvalue weighted by Gasteiger charge is 2.26. The lowest BCUT2D eigenvalue weighted by molar-refractivity contribution is -0.126. The van der Waals surface area contributed by atoms with Crippen LogP contribution in [-0.4, -0.2) is 54.3 Å². The van der Waals surface area contributed by atoms with Gasteiger partial charge in [-0.15, -0.1) is 0 Å². The first-order chi connectivity index (χ1) is 13.0. The number of nitrogens with one attached hydrogen (secondary N) is 1. The number of fused-ring (bicyclic) bond motifs is 1. The Balaban J connectivity index is 0.000000253. The van der Waals surface area contributed by atoms with Crippen molar-refractivity contribution in [2.75, 3.05) is 26.7 Å². The maximum Gasteiger partial charge on any atom is 0.222 e. The molecule has 148 valence electrons. The van der Waals surface area contributed by atoms with Crippen molar-refractivity contribution in [3.8, 4) is 0 Å². The van der Waals surface area contributed by atoms with Crippen molar-refractivity contribution in [2.45, 2.75) is 64.5 Å². The predicted octanol–water partition coefficient (Wildman–Crippen LogP) is 2.51. The van der Waals surface area contributed by atoms with E-state index >= 15 is 0 Å². The van der Waals surface area contributed by atoms with E-state index in [1.54, 1.807) is 11.8 Å². The number of carbonyl (C=O) groups excluding carboxylic acids is 2. The van der Waals surface area contributed by atoms with Crippen LogP contribution in [-0.2, 0) is 29.0 Å². The van der Waals surface area contributed by atoms with Crippen LogP contribution in [0.4, 0.5) is 0 Å². The number of likely N-dealkylation sites (tertiary alicyclic amines) is 1. The van der Waals surface area contributed by atoms with Crippen molar-refractivity contribution in [3.05, 3.63) is 34.9 Å². The third-order valence-corrected chi connectivity index (χ3v) is 6.05. The third-order valence-electron chi connectivity index (χ3n) is 6.05. The number of benzene rings is 1. The summed E-state index contributed by atoms with van der Waals surface area (Å²) in [6.45, 7) is 5.58. The van der Waals surface area contributed by atoms with Gasteiger partial charge in [0.1, 0.15) is 0 Å². The van der Waals surface area contributed by atoms with Crippen LogP contribution in [0.3, 0.4) is 0 Å². The van der Waals surface area contributed by atoms with E-state index in [9.17, 15) is 9.59 Å². The monoisotopic (exact) mass is 371 g/mol. The molecule has 0 radical (unpaired) electrons. The molecular formula is C22H33N3O2. The molecule has 2 aliphatic heterocycles. The second kappa shape index (κ2) is 9.36. The molecule has 2 heterocycles. The van der Waals surface area contributed by atoms with E-state index in [0.717, 1.165) is 31.8 Å². The number of rotatable bonds is 3. The van der Waals surface area contributed by atoms with Gasteiger partial charge in [0, 0.05) is 52.6 Å². The van der Waals surface area contributed by atoms with Gasteiger partial charge in [0.2, 0.25) is 11.8 Å². The van der Waals surface area contributed by atoms with Crippen LogP contribution in [0.2, 0.25) is 0 Å². The standard InChI is InChI=1S/C17H24N2O.C5H9NO/c1-13(20)18-12-14-5-6-15-7-9-19(17-3-2-4-17)10-8-16(15)11-14;1-6-4-2-3-5(6)7/h5-6,11,17H,2-4,7-10,12H2,1H3,(H,18,20);2-4H2,1H3. The zero-order chi connectivity index (χ0) is 19.2. The van der Waals surface area contributed by atoms with E-state index in [0.29, 0.717) is 12.5 Å². The fourth-order valence-electron chi connectivity index (χ4n) is 4.03. The molecule has 5 heteroatoms. The number of amides is 2. The Morgan fingerprint density at radius 1 is 1.07 bits per heavy atom. The highest BCUT2D eigenvalue weighted by atomic mass is 16.2. The Hall–Kier alpha value is -1.88. The topological polar surface area (TPSA) is 52.7 Å². The van der Waals surface area contributed by atoms with Crippen molar-refractivity contribution >= 4 is 11.8 Å². The molecule has 0 aromatic heterocycles. The predicted molar refractivity (Wildman–Crippen MR) is 107 cm³/mol. The number of nitrogens with zero attached hydrogens (tertiary/aromatic N) is 2. The zero-order valence-electron chi connectivity index (χ0n) is 16.8.